The summed E-state index contributed by atoms with van der Waals surface area (Å²) in [5.74, 6) is -0.392. The summed E-state index contributed by atoms with van der Waals surface area (Å²) in [6, 6.07) is 12.5. The number of carbonyl (C=O) groups is 2. The van der Waals surface area contributed by atoms with E-state index in [2.05, 4.69) is 10.3 Å². The lowest BCUT2D eigenvalue weighted by atomic mass is 10.1. The number of amides is 1. The van der Waals surface area contributed by atoms with Gasteiger partial charge in [0.1, 0.15) is 11.6 Å². The van der Waals surface area contributed by atoms with E-state index >= 15 is 0 Å². The molecule has 0 saturated carbocycles. The molecular weight excluding hydrogens is 410 g/mol. The highest BCUT2D eigenvalue weighted by Gasteiger charge is 2.21. The SMILES string of the molecule is CCOc1ccc(/C=C2\CCn3c2nc2cc(NC(=O)/C=C\C(=O)O)ccc2c3=O)cc1. The molecule has 0 saturated heterocycles. The number of aromatic nitrogens is 2. The Morgan fingerprint density at radius 2 is 1.97 bits per heavy atom. The third-order valence-electron chi connectivity index (χ3n) is 5.02. The normalized spacial score (nSPS) is 14.1. The smallest absolute Gasteiger partial charge is 0.328 e. The van der Waals surface area contributed by atoms with Crippen LogP contribution in [0.5, 0.6) is 5.75 Å². The Bertz CT molecular complexity index is 1320. The minimum atomic E-state index is -1.21. The molecule has 162 valence electrons. The Morgan fingerprint density at radius 1 is 1.19 bits per heavy atom. The zero-order valence-electron chi connectivity index (χ0n) is 17.4. The summed E-state index contributed by atoms with van der Waals surface area (Å²) >= 11 is 0. The molecule has 2 aromatic carbocycles. The van der Waals surface area contributed by atoms with Crippen LogP contribution < -0.4 is 15.6 Å². The molecule has 1 aromatic heterocycles. The molecule has 0 radical (unpaired) electrons. The van der Waals surface area contributed by atoms with Crippen LogP contribution in [0.25, 0.3) is 22.6 Å². The largest absolute Gasteiger partial charge is 0.494 e. The maximum absolute atomic E-state index is 13.0. The van der Waals surface area contributed by atoms with Crippen LogP contribution >= 0.6 is 0 Å². The predicted molar refractivity (Wildman–Crippen MR) is 122 cm³/mol. The molecule has 2 heterocycles. The van der Waals surface area contributed by atoms with Crippen molar-refractivity contribution in [3.8, 4) is 5.75 Å². The summed E-state index contributed by atoms with van der Waals surface area (Å²) in [6.07, 6.45) is 4.38. The van der Waals surface area contributed by atoms with Crippen LogP contribution in [0.3, 0.4) is 0 Å². The quantitative estimate of drug-likeness (QED) is 0.580. The van der Waals surface area contributed by atoms with Gasteiger partial charge in [-0.05, 0) is 60.9 Å². The average molecular weight is 431 g/mol. The van der Waals surface area contributed by atoms with Crippen LogP contribution in [-0.4, -0.2) is 33.1 Å². The number of hydrogen-bond donors (Lipinski definition) is 2. The molecule has 1 amide bonds. The van der Waals surface area contributed by atoms with E-state index in [9.17, 15) is 14.4 Å². The molecule has 0 bridgehead atoms. The lowest BCUT2D eigenvalue weighted by Crippen LogP contribution is -2.21. The Labute approximate surface area is 183 Å². The van der Waals surface area contributed by atoms with Crippen molar-refractivity contribution in [3.63, 3.8) is 0 Å². The van der Waals surface area contributed by atoms with Crippen molar-refractivity contribution >= 4 is 40.1 Å². The minimum absolute atomic E-state index is 0.135. The van der Waals surface area contributed by atoms with Crippen molar-refractivity contribution in [2.75, 3.05) is 11.9 Å². The summed E-state index contributed by atoms with van der Waals surface area (Å²) in [4.78, 5) is 40.1. The molecule has 0 fully saturated rings. The van der Waals surface area contributed by atoms with Crippen LogP contribution in [0, 0.1) is 0 Å². The zero-order chi connectivity index (χ0) is 22.7. The number of anilines is 1. The molecule has 0 aliphatic carbocycles. The maximum Gasteiger partial charge on any atom is 0.328 e. The summed E-state index contributed by atoms with van der Waals surface area (Å²) in [5.41, 5.74) is 2.68. The fourth-order valence-corrected chi connectivity index (χ4v) is 3.59. The molecule has 0 atom stereocenters. The number of nitrogens with one attached hydrogen (secondary N) is 1. The second kappa shape index (κ2) is 8.89. The molecule has 0 unspecified atom stereocenters. The Kier molecular flexibility index (Phi) is 5.85. The predicted octanol–water partition coefficient (Wildman–Crippen LogP) is 3.32. The van der Waals surface area contributed by atoms with Crippen LogP contribution in [-0.2, 0) is 16.1 Å². The van der Waals surface area contributed by atoms with Crippen LogP contribution in [0.2, 0.25) is 0 Å². The van der Waals surface area contributed by atoms with E-state index in [1.807, 2.05) is 37.3 Å². The number of allylic oxidation sites excluding steroid dienone is 1. The van der Waals surface area contributed by atoms with Gasteiger partial charge in [0, 0.05) is 24.4 Å². The van der Waals surface area contributed by atoms with Gasteiger partial charge in [0.2, 0.25) is 5.91 Å². The van der Waals surface area contributed by atoms with E-state index in [0.29, 0.717) is 42.0 Å². The van der Waals surface area contributed by atoms with Crippen molar-refractivity contribution in [2.45, 2.75) is 19.9 Å². The molecule has 8 heteroatoms. The highest BCUT2D eigenvalue weighted by atomic mass is 16.5. The third kappa shape index (κ3) is 4.44. The lowest BCUT2D eigenvalue weighted by Gasteiger charge is -2.08. The number of aliphatic carboxylic acids is 1. The minimum Gasteiger partial charge on any atom is -0.494 e. The summed E-state index contributed by atoms with van der Waals surface area (Å²) in [6.45, 7) is 3.09. The summed E-state index contributed by atoms with van der Waals surface area (Å²) < 4.78 is 7.14. The van der Waals surface area contributed by atoms with E-state index in [-0.39, 0.29) is 5.56 Å². The zero-order valence-corrected chi connectivity index (χ0v) is 17.4. The number of carbonyl (C=O) groups excluding carboxylic acids is 1. The van der Waals surface area contributed by atoms with Crippen LogP contribution in [0.4, 0.5) is 5.69 Å². The summed E-state index contributed by atoms with van der Waals surface area (Å²) in [7, 11) is 0. The first-order chi connectivity index (χ1) is 15.4. The van der Waals surface area contributed by atoms with Gasteiger partial charge in [-0.1, -0.05) is 12.1 Å². The number of hydrogen-bond acceptors (Lipinski definition) is 5. The van der Waals surface area contributed by atoms with Crippen molar-refractivity contribution in [1.29, 1.82) is 0 Å². The Balaban J connectivity index is 1.67. The van der Waals surface area contributed by atoms with Crippen molar-refractivity contribution in [2.24, 2.45) is 0 Å². The molecule has 0 spiro atoms. The lowest BCUT2D eigenvalue weighted by molar-refractivity contribution is -0.131. The second-order valence-electron chi connectivity index (χ2n) is 7.21. The molecule has 3 aromatic rings. The summed E-state index contributed by atoms with van der Waals surface area (Å²) in [5, 5.41) is 11.7. The van der Waals surface area contributed by atoms with Crippen molar-refractivity contribution in [3.05, 3.63) is 76.4 Å². The standard InChI is InChI=1S/C24H21N3O5/c1-2-32-18-6-3-15(4-7-18)13-16-11-12-27-23(16)26-20-14-17(5-8-19(20)24(27)31)25-21(28)9-10-22(29)30/h3-10,13-14H,2,11-12H2,1H3,(H,25,28)(H,29,30)/b10-9-,16-13+. The topological polar surface area (TPSA) is 111 Å². The Morgan fingerprint density at radius 3 is 2.69 bits per heavy atom. The van der Waals surface area contributed by atoms with Gasteiger partial charge in [0.25, 0.3) is 5.56 Å². The van der Waals surface area contributed by atoms with Gasteiger partial charge in [-0.15, -0.1) is 0 Å². The highest BCUT2D eigenvalue weighted by Crippen LogP contribution is 2.28. The maximum atomic E-state index is 13.0. The molecular formula is C24H21N3O5. The Hall–Kier alpha value is -4.20. The van der Waals surface area contributed by atoms with E-state index in [4.69, 9.17) is 9.84 Å². The molecule has 2 N–H and O–H groups in total. The third-order valence-corrected chi connectivity index (χ3v) is 5.02. The monoisotopic (exact) mass is 431 g/mol. The van der Waals surface area contributed by atoms with E-state index in [1.54, 1.807) is 22.8 Å². The molecule has 1 aliphatic rings. The van der Waals surface area contributed by atoms with Crippen LogP contribution in [0.15, 0.2) is 59.4 Å². The number of nitrogens with zero attached hydrogens (tertiary/aromatic N) is 2. The van der Waals surface area contributed by atoms with E-state index in [0.717, 1.165) is 29.0 Å². The fraction of sp³-hybridized carbons (Fsp3) is 0.167. The number of ether oxygens (including phenoxy) is 1. The van der Waals surface area contributed by atoms with Crippen molar-refractivity contribution < 1.29 is 19.4 Å². The van der Waals surface area contributed by atoms with Gasteiger partial charge in [0.15, 0.2) is 0 Å². The molecule has 32 heavy (non-hydrogen) atoms. The van der Waals surface area contributed by atoms with Gasteiger partial charge < -0.3 is 15.2 Å². The van der Waals surface area contributed by atoms with Crippen molar-refractivity contribution in [1.82, 2.24) is 9.55 Å². The number of rotatable bonds is 6. The first-order valence-electron chi connectivity index (χ1n) is 10.1. The van der Waals surface area contributed by atoms with E-state index < -0.39 is 11.9 Å². The average Bonchev–Trinajstić information content (AvgIpc) is 3.16. The number of carboxylic acid groups (broad SMARTS) is 1. The van der Waals surface area contributed by atoms with Gasteiger partial charge in [0.05, 0.1) is 17.5 Å². The highest BCUT2D eigenvalue weighted by molar-refractivity contribution is 6.03. The van der Waals surface area contributed by atoms with Gasteiger partial charge >= 0.3 is 5.97 Å². The number of fused-ring (bicyclic) bond motifs is 2. The molecule has 8 nitrogen and oxygen atoms in total. The first-order valence-corrected chi connectivity index (χ1v) is 10.1. The van der Waals surface area contributed by atoms with Crippen LogP contribution in [0.1, 0.15) is 24.7 Å². The van der Waals surface area contributed by atoms with E-state index in [1.165, 1.54) is 0 Å². The molecule has 1 aliphatic heterocycles. The van der Waals surface area contributed by atoms with Gasteiger partial charge in [-0.3, -0.25) is 14.2 Å². The van der Waals surface area contributed by atoms with Gasteiger partial charge in [-0.2, -0.15) is 0 Å². The number of carboxylic acids is 1. The fourth-order valence-electron chi connectivity index (χ4n) is 3.59. The first kappa shape index (κ1) is 21.0. The number of benzene rings is 2. The van der Waals surface area contributed by atoms with Gasteiger partial charge in [-0.25, -0.2) is 9.78 Å². The molecule has 4 rings (SSSR count). The second-order valence-corrected chi connectivity index (χ2v) is 7.21.